The number of thiophene rings is 1. The van der Waals surface area contributed by atoms with Crippen LogP contribution in [0.4, 0.5) is 0 Å². The second kappa shape index (κ2) is 6.64. The SMILES string of the molecule is CCCn1c(C(=O)C2=CCC(CC)c3ccccc32)cc2ccsc21. The van der Waals surface area contributed by atoms with Crippen molar-refractivity contribution >= 4 is 32.9 Å². The van der Waals surface area contributed by atoms with Gasteiger partial charge in [-0.05, 0) is 53.8 Å². The van der Waals surface area contributed by atoms with Crippen LogP contribution in [0.15, 0.2) is 47.9 Å². The molecule has 2 nitrogen and oxygen atoms in total. The monoisotopic (exact) mass is 349 g/mol. The topological polar surface area (TPSA) is 22.0 Å². The zero-order valence-corrected chi connectivity index (χ0v) is 15.6. The molecular formula is C22H23NOS. The molecule has 128 valence electrons. The summed E-state index contributed by atoms with van der Waals surface area (Å²) in [6.07, 6.45) is 5.25. The number of ketones is 1. The highest BCUT2D eigenvalue weighted by Crippen LogP contribution is 2.38. The first-order chi connectivity index (χ1) is 12.2. The molecule has 1 unspecified atom stereocenters. The predicted octanol–water partition coefficient (Wildman–Crippen LogP) is 6.28. The fourth-order valence-electron chi connectivity index (χ4n) is 3.94. The highest BCUT2D eigenvalue weighted by molar-refractivity contribution is 7.16. The normalized spacial score (nSPS) is 16.7. The van der Waals surface area contributed by atoms with Gasteiger partial charge in [0.05, 0.1) is 5.69 Å². The molecule has 0 N–H and O–H groups in total. The van der Waals surface area contributed by atoms with E-state index in [9.17, 15) is 4.79 Å². The highest BCUT2D eigenvalue weighted by Gasteiger charge is 2.26. The molecule has 3 aromatic rings. The predicted molar refractivity (Wildman–Crippen MR) is 107 cm³/mol. The summed E-state index contributed by atoms with van der Waals surface area (Å²) in [6, 6.07) is 12.6. The van der Waals surface area contributed by atoms with Crippen molar-refractivity contribution in [1.29, 1.82) is 0 Å². The number of nitrogens with zero attached hydrogens (tertiary/aromatic N) is 1. The first-order valence-electron chi connectivity index (χ1n) is 9.15. The lowest BCUT2D eigenvalue weighted by Crippen LogP contribution is -2.15. The Balaban J connectivity index is 1.81. The van der Waals surface area contributed by atoms with Crippen LogP contribution < -0.4 is 0 Å². The standard InChI is InChI=1S/C22H23NOS/c1-3-12-23-20(14-16-11-13-25-22(16)23)21(24)19-10-9-15(4-2)17-7-5-6-8-18(17)19/h5-8,10-11,13-15H,3-4,9,12H2,1-2H3. The van der Waals surface area contributed by atoms with E-state index in [-0.39, 0.29) is 5.78 Å². The number of aromatic nitrogens is 1. The Morgan fingerprint density at radius 3 is 2.88 bits per heavy atom. The second-order valence-electron chi connectivity index (χ2n) is 6.74. The molecule has 2 aromatic heterocycles. The summed E-state index contributed by atoms with van der Waals surface area (Å²) >= 11 is 1.72. The van der Waals surface area contributed by atoms with Gasteiger partial charge in [-0.25, -0.2) is 0 Å². The van der Waals surface area contributed by atoms with Gasteiger partial charge < -0.3 is 4.57 Å². The van der Waals surface area contributed by atoms with Crippen LogP contribution in [-0.4, -0.2) is 10.4 Å². The third kappa shape index (κ3) is 2.67. The van der Waals surface area contributed by atoms with Crippen LogP contribution in [0.3, 0.4) is 0 Å². The van der Waals surface area contributed by atoms with E-state index in [1.54, 1.807) is 11.3 Å². The van der Waals surface area contributed by atoms with Gasteiger partial charge in [-0.15, -0.1) is 11.3 Å². The Bertz CT molecular complexity index is 959. The number of benzene rings is 1. The number of carbonyl (C=O) groups excluding carboxylic acids is 1. The molecule has 0 bridgehead atoms. The fraction of sp³-hybridized carbons (Fsp3) is 0.318. The molecule has 1 aliphatic carbocycles. The number of hydrogen-bond acceptors (Lipinski definition) is 2. The molecule has 2 heterocycles. The molecule has 1 aliphatic rings. The summed E-state index contributed by atoms with van der Waals surface area (Å²) in [5.74, 6) is 0.692. The zero-order chi connectivity index (χ0) is 17.4. The summed E-state index contributed by atoms with van der Waals surface area (Å²) in [4.78, 5) is 14.6. The summed E-state index contributed by atoms with van der Waals surface area (Å²) in [5.41, 5.74) is 4.16. The third-order valence-corrected chi connectivity index (χ3v) is 6.17. The van der Waals surface area contributed by atoms with Crippen molar-refractivity contribution in [3.63, 3.8) is 0 Å². The zero-order valence-electron chi connectivity index (χ0n) is 14.8. The molecule has 3 heteroatoms. The largest absolute Gasteiger partial charge is 0.330 e. The molecule has 0 saturated carbocycles. The van der Waals surface area contributed by atoms with Gasteiger partial charge in [-0.2, -0.15) is 0 Å². The number of allylic oxidation sites excluding steroid dienone is 2. The van der Waals surface area contributed by atoms with Gasteiger partial charge in [0, 0.05) is 17.5 Å². The first-order valence-corrected chi connectivity index (χ1v) is 10.0. The maximum absolute atomic E-state index is 13.4. The number of carbonyl (C=O) groups is 1. The van der Waals surface area contributed by atoms with Crippen molar-refractivity contribution in [3.8, 4) is 0 Å². The van der Waals surface area contributed by atoms with E-state index in [1.807, 2.05) is 6.07 Å². The Hall–Kier alpha value is -2.13. The van der Waals surface area contributed by atoms with E-state index in [4.69, 9.17) is 0 Å². The molecule has 0 spiro atoms. The minimum atomic E-state index is 0.166. The van der Waals surface area contributed by atoms with Crippen LogP contribution in [0.25, 0.3) is 15.8 Å². The van der Waals surface area contributed by atoms with Crippen molar-refractivity contribution in [2.75, 3.05) is 0 Å². The summed E-state index contributed by atoms with van der Waals surface area (Å²) in [6.45, 7) is 5.27. The Morgan fingerprint density at radius 2 is 2.08 bits per heavy atom. The van der Waals surface area contributed by atoms with E-state index < -0.39 is 0 Å². The van der Waals surface area contributed by atoms with E-state index in [0.717, 1.165) is 42.6 Å². The number of rotatable bonds is 5. The second-order valence-corrected chi connectivity index (χ2v) is 7.63. The maximum Gasteiger partial charge on any atom is 0.209 e. The van der Waals surface area contributed by atoms with Gasteiger partial charge in [0.2, 0.25) is 5.78 Å². The number of hydrogen-bond donors (Lipinski definition) is 0. The number of Topliss-reactive ketones (excluding diaryl/α,β-unsaturated/α-hetero) is 1. The number of aryl methyl sites for hydroxylation is 1. The molecule has 4 rings (SSSR count). The lowest BCUT2D eigenvalue weighted by atomic mass is 9.80. The van der Waals surface area contributed by atoms with Crippen LogP contribution >= 0.6 is 11.3 Å². The highest BCUT2D eigenvalue weighted by atomic mass is 32.1. The maximum atomic E-state index is 13.4. The fourth-order valence-corrected chi connectivity index (χ4v) is 4.87. The van der Waals surface area contributed by atoms with Crippen molar-refractivity contribution in [1.82, 2.24) is 4.57 Å². The van der Waals surface area contributed by atoms with Crippen molar-refractivity contribution in [2.45, 2.75) is 45.6 Å². The lowest BCUT2D eigenvalue weighted by Gasteiger charge is -2.24. The van der Waals surface area contributed by atoms with Gasteiger partial charge in [-0.1, -0.05) is 44.2 Å². The van der Waals surface area contributed by atoms with E-state index in [1.165, 1.54) is 15.8 Å². The molecule has 25 heavy (non-hydrogen) atoms. The Morgan fingerprint density at radius 1 is 1.24 bits per heavy atom. The van der Waals surface area contributed by atoms with Crippen LogP contribution in [0, 0.1) is 0 Å². The van der Waals surface area contributed by atoms with Gasteiger partial charge in [0.1, 0.15) is 4.83 Å². The van der Waals surface area contributed by atoms with Crippen LogP contribution in [-0.2, 0) is 6.54 Å². The molecule has 1 aromatic carbocycles. The Kier molecular flexibility index (Phi) is 4.34. The Labute approximate surface area is 152 Å². The van der Waals surface area contributed by atoms with Gasteiger partial charge >= 0.3 is 0 Å². The molecular weight excluding hydrogens is 326 g/mol. The average Bonchev–Trinajstić information content (AvgIpc) is 3.23. The quantitative estimate of drug-likeness (QED) is 0.497. The van der Waals surface area contributed by atoms with Crippen molar-refractivity contribution < 1.29 is 4.79 Å². The average molecular weight is 349 g/mol. The molecule has 0 saturated heterocycles. The molecule has 0 aliphatic heterocycles. The summed E-state index contributed by atoms with van der Waals surface area (Å²) < 4.78 is 2.21. The summed E-state index contributed by atoms with van der Waals surface area (Å²) in [5, 5.41) is 3.28. The van der Waals surface area contributed by atoms with Crippen LogP contribution in [0.5, 0.6) is 0 Å². The minimum absolute atomic E-state index is 0.166. The number of fused-ring (bicyclic) bond motifs is 2. The molecule has 0 fully saturated rings. The minimum Gasteiger partial charge on any atom is -0.330 e. The third-order valence-electron chi connectivity index (χ3n) is 5.22. The van der Waals surface area contributed by atoms with Gasteiger partial charge in [-0.3, -0.25) is 4.79 Å². The smallest absolute Gasteiger partial charge is 0.209 e. The van der Waals surface area contributed by atoms with Gasteiger partial charge in [0.15, 0.2) is 0 Å². The van der Waals surface area contributed by atoms with Crippen molar-refractivity contribution in [3.05, 3.63) is 64.7 Å². The van der Waals surface area contributed by atoms with E-state index in [2.05, 4.69) is 60.2 Å². The van der Waals surface area contributed by atoms with Crippen LogP contribution in [0.2, 0.25) is 0 Å². The molecule has 1 atom stereocenters. The summed E-state index contributed by atoms with van der Waals surface area (Å²) in [7, 11) is 0. The van der Waals surface area contributed by atoms with Crippen LogP contribution in [0.1, 0.15) is 60.6 Å². The van der Waals surface area contributed by atoms with E-state index >= 15 is 0 Å². The van der Waals surface area contributed by atoms with Crippen molar-refractivity contribution in [2.24, 2.45) is 0 Å². The van der Waals surface area contributed by atoms with E-state index in [0.29, 0.717) is 5.92 Å². The lowest BCUT2D eigenvalue weighted by molar-refractivity contribution is 0.104. The van der Waals surface area contributed by atoms with Gasteiger partial charge in [0.25, 0.3) is 0 Å². The molecule has 0 amide bonds. The first kappa shape index (κ1) is 16.3. The molecule has 0 radical (unpaired) electrons.